The van der Waals surface area contributed by atoms with Crippen molar-refractivity contribution < 1.29 is 9.47 Å². The van der Waals surface area contributed by atoms with E-state index in [0.717, 1.165) is 50.9 Å². The van der Waals surface area contributed by atoms with Crippen LogP contribution in [0.4, 0.5) is 0 Å². The van der Waals surface area contributed by atoms with Crippen molar-refractivity contribution in [1.82, 2.24) is 5.32 Å². The number of hydrogen-bond donors (Lipinski definition) is 1. The Morgan fingerprint density at radius 2 is 2.10 bits per heavy atom. The van der Waals surface area contributed by atoms with Crippen molar-refractivity contribution in [2.75, 3.05) is 26.4 Å². The molecule has 0 spiro atoms. The molecule has 3 nitrogen and oxygen atoms in total. The maximum absolute atomic E-state index is 5.59. The third kappa shape index (κ3) is 3.15. The van der Waals surface area contributed by atoms with Gasteiger partial charge < -0.3 is 14.8 Å². The topological polar surface area (TPSA) is 30.5 Å². The molecule has 0 radical (unpaired) electrons. The molecule has 2 heterocycles. The van der Waals surface area contributed by atoms with E-state index in [1.165, 1.54) is 24.0 Å². The first-order chi connectivity index (χ1) is 9.86. The van der Waals surface area contributed by atoms with Crippen molar-refractivity contribution in [2.24, 2.45) is 5.92 Å². The van der Waals surface area contributed by atoms with Gasteiger partial charge in [-0.2, -0.15) is 0 Å². The van der Waals surface area contributed by atoms with Crippen LogP contribution in [0.25, 0.3) is 0 Å². The van der Waals surface area contributed by atoms with Crippen molar-refractivity contribution in [2.45, 2.75) is 38.6 Å². The van der Waals surface area contributed by atoms with Crippen LogP contribution in [0.5, 0.6) is 5.75 Å². The third-order valence-corrected chi connectivity index (χ3v) is 4.52. The highest BCUT2D eigenvalue weighted by Crippen LogP contribution is 2.29. The molecule has 1 aromatic carbocycles. The van der Waals surface area contributed by atoms with Gasteiger partial charge in [-0.25, -0.2) is 0 Å². The number of nitrogens with one attached hydrogen (secondary N) is 1. The number of fused-ring (bicyclic) bond motifs is 1. The highest BCUT2D eigenvalue weighted by molar-refractivity contribution is 5.40. The van der Waals surface area contributed by atoms with Crippen LogP contribution in [0.3, 0.4) is 0 Å². The zero-order valence-electron chi connectivity index (χ0n) is 12.4. The average Bonchev–Trinajstić information content (AvgIpc) is 2.96. The van der Waals surface area contributed by atoms with Gasteiger partial charge in [0.05, 0.1) is 6.61 Å². The molecule has 1 fully saturated rings. The Hall–Kier alpha value is -1.06. The summed E-state index contributed by atoms with van der Waals surface area (Å²) < 4.78 is 11.0. The fraction of sp³-hybridized carbons (Fsp3) is 0.647. The first-order valence-corrected chi connectivity index (χ1v) is 7.93. The van der Waals surface area contributed by atoms with Gasteiger partial charge in [0, 0.05) is 25.7 Å². The summed E-state index contributed by atoms with van der Waals surface area (Å²) in [6.07, 6.45) is 4.57. The van der Waals surface area contributed by atoms with Gasteiger partial charge in [0.15, 0.2) is 0 Å². The molecule has 0 aliphatic carbocycles. The Morgan fingerprint density at radius 1 is 1.25 bits per heavy atom. The SMILES string of the molecule is CCC(NCC1CCOCC1)c1ccc2c(c1)CCO2. The zero-order chi connectivity index (χ0) is 13.8. The van der Waals surface area contributed by atoms with E-state index in [4.69, 9.17) is 9.47 Å². The minimum Gasteiger partial charge on any atom is -0.493 e. The van der Waals surface area contributed by atoms with E-state index in [-0.39, 0.29) is 0 Å². The molecule has 2 aliphatic rings. The van der Waals surface area contributed by atoms with Crippen LogP contribution in [0.2, 0.25) is 0 Å². The summed E-state index contributed by atoms with van der Waals surface area (Å²) in [6, 6.07) is 7.14. The van der Waals surface area contributed by atoms with E-state index < -0.39 is 0 Å². The fourth-order valence-electron chi connectivity index (χ4n) is 3.18. The molecule has 1 N–H and O–H groups in total. The van der Waals surface area contributed by atoms with Gasteiger partial charge >= 0.3 is 0 Å². The van der Waals surface area contributed by atoms with Crippen LogP contribution in [0.15, 0.2) is 18.2 Å². The van der Waals surface area contributed by atoms with E-state index in [2.05, 4.69) is 30.4 Å². The Labute approximate surface area is 121 Å². The van der Waals surface area contributed by atoms with Gasteiger partial charge in [0.25, 0.3) is 0 Å². The smallest absolute Gasteiger partial charge is 0.122 e. The normalized spacial score (nSPS) is 20.4. The summed E-state index contributed by atoms with van der Waals surface area (Å²) in [4.78, 5) is 0. The summed E-state index contributed by atoms with van der Waals surface area (Å²) in [5.74, 6) is 1.85. The van der Waals surface area contributed by atoms with Gasteiger partial charge in [-0.05, 0) is 48.9 Å². The average molecular weight is 275 g/mol. The molecule has 3 rings (SSSR count). The number of ether oxygens (including phenoxy) is 2. The molecule has 0 amide bonds. The van der Waals surface area contributed by atoms with Crippen LogP contribution in [-0.4, -0.2) is 26.4 Å². The largest absolute Gasteiger partial charge is 0.493 e. The monoisotopic (exact) mass is 275 g/mol. The summed E-state index contributed by atoms with van der Waals surface area (Å²) in [5.41, 5.74) is 2.78. The van der Waals surface area contributed by atoms with Crippen LogP contribution >= 0.6 is 0 Å². The number of hydrogen-bond acceptors (Lipinski definition) is 3. The summed E-state index contributed by atoms with van der Waals surface area (Å²) in [5, 5.41) is 3.75. The highest BCUT2D eigenvalue weighted by atomic mass is 16.5. The molecule has 1 unspecified atom stereocenters. The van der Waals surface area contributed by atoms with E-state index >= 15 is 0 Å². The second kappa shape index (κ2) is 6.59. The van der Waals surface area contributed by atoms with E-state index in [1.807, 2.05) is 0 Å². The summed E-state index contributed by atoms with van der Waals surface area (Å²) in [6.45, 7) is 6.06. The Kier molecular flexibility index (Phi) is 4.58. The lowest BCUT2D eigenvalue weighted by Crippen LogP contribution is -2.30. The van der Waals surface area contributed by atoms with Crippen molar-refractivity contribution in [3.63, 3.8) is 0 Å². The minimum absolute atomic E-state index is 0.462. The maximum atomic E-state index is 5.59. The van der Waals surface area contributed by atoms with Gasteiger partial charge in [-0.15, -0.1) is 0 Å². The predicted molar refractivity (Wildman–Crippen MR) is 80.2 cm³/mol. The molecule has 1 aromatic rings. The second-order valence-electron chi connectivity index (χ2n) is 5.89. The van der Waals surface area contributed by atoms with Gasteiger partial charge in [-0.3, -0.25) is 0 Å². The van der Waals surface area contributed by atoms with Crippen molar-refractivity contribution in [3.8, 4) is 5.75 Å². The molecule has 0 saturated carbocycles. The molecule has 0 aromatic heterocycles. The Bertz CT molecular complexity index is 441. The lowest BCUT2D eigenvalue weighted by Gasteiger charge is -2.25. The zero-order valence-corrected chi connectivity index (χ0v) is 12.4. The van der Waals surface area contributed by atoms with Gasteiger partial charge in [0.2, 0.25) is 0 Å². The van der Waals surface area contributed by atoms with Crippen molar-refractivity contribution in [1.29, 1.82) is 0 Å². The highest BCUT2D eigenvalue weighted by Gasteiger charge is 2.18. The fourth-order valence-corrected chi connectivity index (χ4v) is 3.18. The lowest BCUT2D eigenvalue weighted by atomic mass is 9.97. The third-order valence-electron chi connectivity index (χ3n) is 4.52. The standard InChI is InChI=1S/C17H25NO2/c1-2-16(18-12-13-5-8-19-9-6-13)14-3-4-17-15(11-14)7-10-20-17/h3-4,11,13,16,18H,2,5-10,12H2,1H3. The van der Waals surface area contributed by atoms with Crippen LogP contribution in [-0.2, 0) is 11.2 Å². The summed E-state index contributed by atoms with van der Waals surface area (Å²) in [7, 11) is 0. The molecular weight excluding hydrogens is 250 g/mol. The van der Waals surface area contributed by atoms with Gasteiger partial charge in [-0.1, -0.05) is 19.1 Å². The number of rotatable bonds is 5. The molecule has 20 heavy (non-hydrogen) atoms. The van der Waals surface area contributed by atoms with E-state index in [0.29, 0.717) is 6.04 Å². The Balaban J connectivity index is 1.60. The molecule has 1 atom stereocenters. The summed E-state index contributed by atoms with van der Waals surface area (Å²) >= 11 is 0. The number of benzene rings is 1. The first kappa shape index (κ1) is 13.9. The van der Waals surface area contributed by atoms with E-state index in [9.17, 15) is 0 Å². The van der Waals surface area contributed by atoms with Crippen LogP contribution in [0.1, 0.15) is 43.4 Å². The molecule has 110 valence electrons. The predicted octanol–water partition coefficient (Wildman–Crippen LogP) is 3.09. The molecular formula is C17H25NO2. The molecule has 0 bridgehead atoms. The first-order valence-electron chi connectivity index (χ1n) is 7.93. The van der Waals surface area contributed by atoms with Gasteiger partial charge in [0.1, 0.15) is 5.75 Å². The molecule has 1 saturated heterocycles. The maximum Gasteiger partial charge on any atom is 0.122 e. The van der Waals surface area contributed by atoms with E-state index in [1.54, 1.807) is 0 Å². The van der Waals surface area contributed by atoms with Crippen molar-refractivity contribution in [3.05, 3.63) is 29.3 Å². The quantitative estimate of drug-likeness (QED) is 0.895. The molecule has 2 aliphatic heterocycles. The molecule has 3 heteroatoms. The second-order valence-corrected chi connectivity index (χ2v) is 5.89. The lowest BCUT2D eigenvalue weighted by molar-refractivity contribution is 0.0654. The van der Waals surface area contributed by atoms with Crippen LogP contribution < -0.4 is 10.1 Å². The van der Waals surface area contributed by atoms with Crippen molar-refractivity contribution >= 4 is 0 Å². The van der Waals surface area contributed by atoms with Crippen LogP contribution in [0, 0.1) is 5.92 Å². The Morgan fingerprint density at radius 3 is 2.90 bits per heavy atom. The minimum atomic E-state index is 0.462.